The minimum atomic E-state index is 0. The summed E-state index contributed by atoms with van der Waals surface area (Å²) in [5, 5.41) is 11.4. The van der Waals surface area contributed by atoms with Gasteiger partial charge < -0.3 is 10.4 Å². The van der Waals surface area contributed by atoms with Crippen molar-refractivity contribution in [3.63, 3.8) is 0 Å². The van der Waals surface area contributed by atoms with Gasteiger partial charge in [-0.15, -0.1) is 12.4 Å². The molecule has 1 saturated heterocycles. The van der Waals surface area contributed by atoms with Crippen molar-refractivity contribution in [3.8, 4) is 0 Å². The minimum Gasteiger partial charge on any atom is -0.396 e. The van der Waals surface area contributed by atoms with Gasteiger partial charge in [-0.25, -0.2) is 0 Å². The number of hydrogen-bond acceptors (Lipinski definition) is 2. The van der Waals surface area contributed by atoms with Crippen LogP contribution >= 0.6 is 12.4 Å². The molecule has 0 aliphatic carbocycles. The summed E-state index contributed by atoms with van der Waals surface area (Å²) in [6, 6.07) is 0. The summed E-state index contributed by atoms with van der Waals surface area (Å²) >= 11 is 0. The van der Waals surface area contributed by atoms with Gasteiger partial charge in [0.2, 0.25) is 0 Å². The molecule has 0 bridgehead atoms. The van der Waals surface area contributed by atoms with Crippen molar-refractivity contribution >= 4 is 12.4 Å². The van der Waals surface area contributed by atoms with Crippen molar-refractivity contribution in [2.75, 3.05) is 19.7 Å². The number of halogens is 1. The van der Waals surface area contributed by atoms with E-state index in [1.807, 2.05) is 0 Å². The van der Waals surface area contributed by atoms with Gasteiger partial charge in [0, 0.05) is 25.6 Å². The highest BCUT2D eigenvalue weighted by atomic mass is 35.5. The maximum absolute atomic E-state index is 8.35. The number of rotatable bonds is 1. The third-order valence-electron chi connectivity index (χ3n) is 1.12. The Morgan fingerprint density at radius 3 is 2.14 bits per heavy atom. The van der Waals surface area contributed by atoms with E-state index < -0.39 is 0 Å². The Labute approximate surface area is 49.3 Å². The first-order valence-corrected chi connectivity index (χ1v) is 2.25. The zero-order chi connectivity index (χ0) is 4.41. The molecule has 44 valence electrons. The second-order valence-electron chi connectivity index (χ2n) is 1.71. The number of aliphatic hydroxyl groups excluding tert-OH is 1. The van der Waals surface area contributed by atoms with Crippen molar-refractivity contribution in [2.24, 2.45) is 5.92 Å². The molecule has 0 saturated carbocycles. The van der Waals surface area contributed by atoms with Crippen molar-refractivity contribution < 1.29 is 5.11 Å². The molecule has 0 unspecified atom stereocenters. The Morgan fingerprint density at radius 2 is 2.14 bits per heavy atom. The molecule has 7 heavy (non-hydrogen) atoms. The van der Waals surface area contributed by atoms with Crippen LogP contribution in [-0.4, -0.2) is 24.8 Å². The smallest absolute Gasteiger partial charge is 0.0483 e. The molecule has 1 aliphatic rings. The highest BCUT2D eigenvalue weighted by Crippen LogP contribution is 1.98. The average Bonchev–Trinajstić information content (AvgIpc) is 1.31. The summed E-state index contributed by atoms with van der Waals surface area (Å²) in [7, 11) is 0. The van der Waals surface area contributed by atoms with Crippen LogP contribution in [0.15, 0.2) is 0 Å². The molecular weight excluding hydrogens is 114 g/mol. The SMILES string of the molecule is Cl.OCC1CNC1. The molecule has 1 rings (SSSR count). The van der Waals surface area contributed by atoms with Crippen molar-refractivity contribution in [2.45, 2.75) is 0 Å². The molecule has 1 aliphatic heterocycles. The Hall–Kier alpha value is 0.210. The predicted octanol–water partition coefficient (Wildman–Crippen LogP) is -0.380. The summed E-state index contributed by atoms with van der Waals surface area (Å²) in [5.41, 5.74) is 0. The average molecular weight is 124 g/mol. The van der Waals surface area contributed by atoms with Gasteiger partial charge in [-0.2, -0.15) is 0 Å². The molecule has 0 spiro atoms. The second kappa shape index (κ2) is 3.24. The molecule has 1 fully saturated rings. The molecule has 2 N–H and O–H groups in total. The van der Waals surface area contributed by atoms with E-state index in [2.05, 4.69) is 5.32 Å². The quantitative estimate of drug-likeness (QED) is 0.498. The van der Waals surface area contributed by atoms with Crippen LogP contribution < -0.4 is 5.32 Å². The van der Waals surface area contributed by atoms with E-state index in [1.165, 1.54) is 0 Å². The predicted molar refractivity (Wildman–Crippen MR) is 30.7 cm³/mol. The Bertz CT molecular complexity index is 44.2. The van der Waals surface area contributed by atoms with E-state index in [0.717, 1.165) is 13.1 Å². The second-order valence-corrected chi connectivity index (χ2v) is 1.71. The Balaban J connectivity index is 0.000000360. The van der Waals surface area contributed by atoms with Gasteiger partial charge in [-0.3, -0.25) is 0 Å². The van der Waals surface area contributed by atoms with E-state index in [-0.39, 0.29) is 12.4 Å². The van der Waals surface area contributed by atoms with Gasteiger partial charge in [0.1, 0.15) is 0 Å². The van der Waals surface area contributed by atoms with Crippen LogP contribution in [0.4, 0.5) is 0 Å². The largest absolute Gasteiger partial charge is 0.396 e. The molecule has 0 aromatic rings. The van der Waals surface area contributed by atoms with Crippen LogP contribution in [0.25, 0.3) is 0 Å². The molecule has 2 nitrogen and oxygen atoms in total. The van der Waals surface area contributed by atoms with Gasteiger partial charge in [0.05, 0.1) is 0 Å². The topological polar surface area (TPSA) is 32.3 Å². The van der Waals surface area contributed by atoms with Gasteiger partial charge in [0.25, 0.3) is 0 Å². The monoisotopic (exact) mass is 123 g/mol. The van der Waals surface area contributed by atoms with Crippen molar-refractivity contribution in [3.05, 3.63) is 0 Å². The molecule has 3 heteroatoms. The van der Waals surface area contributed by atoms with Crippen LogP contribution in [0.3, 0.4) is 0 Å². The maximum Gasteiger partial charge on any atom is 0.0483 e. The first kappa shape index (κ1) is 7.21. The number of aliphatic hydroxyl groups is 1. The molecule has 1 heterocycles. The normalized spacial score (nSPS) is 20.1. The fourth-order valence-electron chi connectivity index (χ4n) is 0.478. The summed E-state index contributed by atoms with van der Waals surface area (Å²) in [5.74, 6) is 0.560. The lowest BCUT2D eigenvalue weighted by Gasteiger charge is -2.24. The fourth-order valence-corrected chi connectivity index (χ4v) is 0.478. The lowest BCUT2D eigenvalue weighted by Crippen LogP contribution is -2.43. The van der Waals surface area contributed by atoms with E-state index in [1.54, 1.807) is 0 Å². The summed E-state index contributed by atoms with van der Waals surface area (Å²) in [6.07, 6.45) is 0. The van der Waals surface area contributed by atoms with E-state index in [0.29, 0.717) is 12.5 Å². The first-order chi connectivity index (χ1) is 2.93. The van der Waals surface area contributed by atoms with Crippen molar-refractivity contribution in [1.29, 1.82) is 0 Å². The number of nitrogens with one attached hydrogen (secondary N) is 1. The highest BCUT2D eigenvalue weighted by molar-refractivity contribution is 5.85. The van der Waals surface area contributed by atoms with Crippen LogP contribution in [-0.2, 0) is 0 Å². The minimum absolute atomic E-state index is 0. The molecule has 0 aromatic heterocycles. The standard InChI is InChI=1S/C4H9NO.ClH/c6-3-4-1-5-2-4;/h4-6H,1-3H2;1H. The van der Waals surface area contributed by atoms with E-state index in [4.69, 9.17) is 5.11 Å². The third kappa shape index (κ3) is 1.63. The molecule has 0 atom stereocenters. The van der Waals surface area contributed by atoms with Gasteiger partial charge in [0.15, 0.2) is 0 Å². The summed E-state index contributed by atoms with van der Waals surface area (Å²) in [4.78, 5) is 0. The maximum atomic E-state index is 8.35. The van der Waals surface area contributed by atoms with Crippen LogP contribution in [0, 0.1) is 5.92 Å². The summed E-state index contributed by atoms with van der Waals surface area (Å²) in [6.45, 7) is 2.38. The van der Waals surface area contributed by atoms with E-state index >= 15 is 0 Å². The lowest BCUT2D eigenvalue weighted by molar-refractivity contribution is 0.180. The van der Waals surface area contributed by atoms with Crippen LogP contribution in [0.2, 0.25) is 0 Å². The fraction of sp³-hybridized carbons (Fsp3) is 1.00. The zero-order valence-electron chi connectivity index (χ0n) is 4.05. The zero-order valence-corrected chi connectivity index (χ0v) is 4.87. The van der Waals surface area contributed by atoms with Gasteiger partial charge in [-0.05, 0) is 0 Å². The number of hydrogen-bond donors (Lipinski definition) is 2. The third-order valence-corrected chi connectivity index (χ3v) is 1.12. The Morgan fingerprint density at radius 1 is 1.57 bits per heavy atom. The van der Waals surface area contributed by atoms with Gasteiger partial charge in [-0.1, -0.05) is 0 Å². The molecule has 0 radical (unpaired) electrons. The lowest BCUT2D eigenvalue weighted by atomic mass is 10.1. The molecule has 0 aromatic carbocycles. The van der Waals surface area contributed by atoms with E-state index in [9.17, 15) is 0 Å². The van der Waals surface area contributed by atoms with Gasteiger partial charge >= 0.3 is 0 Å². The molecule has 0 amide bonds. The van der Waals surface area contributed by atoms with Crippen molar-refractivity contribution in [1.82, 2.24) is 5.32 Å². The van der Waals surface area contributed by atoms with Crippen LogP contribution in [0.5, 0.6) is 0 Å². The van der Waals surface area contributed by atoms with Crippen LogP contribution in [0.1, 0.15) is 0 Å². The Kier molecular flexibility index (Phi) is 3.34. The highest BCUT2D eigenvalue weighted by Gasteiger charge is 2.13. The first-order valence-electron chi connectivity index (χ1n) is 2.25. The molecular formula is C4H10ClNO. The summed E-state index contributed by atoms with van der Waals surface area (Å²) < 4.78 is 0.